The molecule has 0 saturated heterocycles. The van der Waals surface area contributed by atoms with Gasteiger partial charge in [0.1, 0.15) is 5.76 Å². The molecule has 0 fully saturated rings. The Labute approximate surface area is 109 Å². The topological polar surface area (TPSA) is 102 Å². The molecule has 2 aromatic rings. The Kier molecular flexibility index (Phi) is 3.45. The second kappa shape index (κ2) is 4.90. The van der Waals surface area contributed by atoms with Crippen LogP contribution in [0, 0.1) is 0 Å². The Morgan fingerprint density at radius 3 is 2.68 bits per heavy atom. The summed E-state index contributed by atoms with van der Waals surface area (Å²) >= 11 is 0. The van der Waals surface area contributed by atoms with E-state index in [9.17, 15) is 13.2 Å². The zero-order chi connectivity index (χ0) is 14.0. The quantitative estimate of drug-likeness (QED) is 0.845. The first kappa shape index (κ1) is 13.4. The van der Waals surface area contributed by atoms with Crippen LogP contribution in [0.5, 0.6) is 0 Å². The number of nitrogens with one attached hydrogen (secondary N) is 1. The van der Waals surface area contributed by atoms with E-state index in [2.05, 4.69) is 4.72 Å². The molecule has 19 heavy (non-hydrogen) atoms. The molecule has 0 atom stereocenters. The second-order valence-corrected chi connectivity index (χ2v) is 5.68. The largest absolute Gasteiger partial charge is 0.475 e. The molecule has 2 aromatic heterocycles. The first-order chi connectivity index (χ1) is 8.88. The summed E-state index contributed by atoms with van der Waals surface area (Å²) in [6.45, 7) is -0.107. The molecule has 102 valence electrons. The van der Waals surface area contributed by atoms with Crippen molar-refractivity contribution in [1.29, 1.82) is 0 Å². The highest BCUT2D eigenvalue weighted by atomic mass is 32.2. The van der Waals surface area contributed by atoms with Crippen LogP contribution >= 0.6 is 0 Å². The van der Waals surface area contributed by atoms with Crippen molar-refractivity contribution in [2.45, 2.75) is 11.4 Å². The van der Waals surface area contributed by atoms with E-state index in [4.69, 9.17) is 9.52 Å². The Morgan fingerprint density at radius 1 is 1.42 bits per heavy atom. The van der Waals surface area contributed by atoms with Gasteiger partial charge in [0.2, 0.25) is 15.8 Å². The molecule has 0 bridgehead atoms. The molecule has 0 aliphatic carbocycles. The number of aryl methyl sites for hydroxylation is 1. The Morgan fingerprint density at radius 2 is 2.16 bits per heavy atom. The minimum absolute atomic E-state index is 0.107. The lowest BCUT2D eigenvalue weighted by Gasteiger charge is -2.02. The fourth-order valence-electron chi connectivity index (χ4n) is 1.47. The standard InChI is InChI=1S/C11H12N2O5S/c1-13-5-4-9(7-13)19(16,17)12-6-8-2-3-10(18-8)11(14)15/h2-5,7,12H,6H2,1H3,(H,14,15). The Balaban J connectivity index is 2.07. The van der Waals surface area contributed by atoms with Crippen molar-refractivity contribution in [1.82, 2.24) is 9.29 Å². The summed E-state index contributed by atoms with van der Waals surface area (Å²) in [5.74, 6) is -1.19. The van der Waals surface area contributed by atoms with Gasteiger partial charge >= 0.3 is 5.97 Å². The molecule has 8 heteroatoms. The Bertz CT molecular complexity index is 698. The molecule has 0 radical (unpaired) electrons. The van der Waals surface area contributed by atoms with E-state index in [0.29, 0.717) is 0 Å². The van der Waals surface area contributed by atoms with E-state index in [0.717, 1.165) is 0 Å². The highest BCUT2D eigenvalue weighted by molar-refractivity contribution is 7.89. The summed E-state index contributed by atoms with van der Waals surface area (Å²) < 4.78 is 32.6. The first-order valence-corrected chi connectivity index (χ1v) is 6.80. The number of aromatic carboxylic acids is 1. The van der Waals surface area contributed by atoms with Crippen molar-refractivity contribution < 1.29 is 22.7 Å². The number of rotatable bonds is 5. The van der Waals surface area contributed by atoms with Gasteiger partial charge in [-0.2, -0.15) is 0 Å². The predicted molar refractivity (Wildman–Crippen MR) is 65.1 cm³/mol. The van der Waals surface area contributed by atoms with Gasteiger partial charge in [-0.25, -0.2) is 17.9 Å². The fourth-order valence-corrected chi connectivity index (χ4v) is 2.52. The molecule has 7 nitrogen and oxygen atoms in total. The molecule has 0 aromatic carbocycles. The van der Waals surface area contributed by atoms with Crippen molar-refractivity contribution in [3.63, 3.8) is 0 Å². The summed E-state index contributed by atoms with van der Waals surface area (Å²) in [6, 6.07) is 4.15. The van der Waals surface area contributed by atoms with Gasteiger partial charge in [0, 0.05) is 19.4 Å². The van der Waals surface area contributed by atoms with Crippen LogP contribution in [0.2, 0.25) is 0 Å². The molecule has 2 rings (SSSR count). The van der Waals surface area contributed by atoms with E-state index >= 15 is 0 Å². The van der Waals surface area contributed by atoms with Gasteiger partial charge in [0.05, 0.1) is 11.4 Å². The van der Waals surface area contributed by atoms with Crippen LogP contribution in [-0.2, 0) is 23.6 Å². The minimum Gasteiger partial charge on any atom is -0.475 e. The summed E-state index contributed by atoms with van der Waals surface area (Å²) in [7, 11) is -1.91. The molecule has 2 N–H and O–H groups in total. The van der Waals surface area contributed by atoms with Crippen LogP contribution in [0.4, 0.5) is 0 Å². The lowest BCUT2D eigenvalue weighted by Crippen LogP contribution is -2.22. The predicted octanol–water partition coefficient (Wildman–Crippen LogP) is 0.795. The molecule has 0 aliphatic rings. The molecular formula is C11H12N2O5S. The number of furan rings is 1. The van der Waals surface area contributed by atoms with E-state index in [1.54, 1.807) is 17.8 Å². The SMILES string of the molecule is Cn1ccc(S(=O)(=O)NCc2ccc(C(=O)O)o2)c1. The average Bonchev–Trinajstić information content (AvgIpc) is 2.95. The minimum atomic E-state index is -3.63. The number of carbonyl (C=O) groups is 1. The smallest absolute Gasteiger partial charge is 0.371 e. The van der Waals surface area contributed by atoms with E-state index in [1.165, 1.54) is 24.4 Å². The lowest BCUT2D eigenvalue weighted by molar-refractivity contribution is 0.0660. The molecular weight excluding hydrogens is 272 g/mol. The van der Waals surface area contributed by atoms with Gasteiger partial charge in [-0.15, -0.1) is 0 Å². The van der Waals surface area contributed by atoms with Gasteiger partial charge < -0.3 is 14.1 Å². The van der Waals surface area contributed by atoms with Gasteiger partial charge in [-0.3, -0.25) is 0 Å². The third kappa shape index (κ3) is 3.04. The summed E-state index contributed by atoms with van der Waals surface area (Å²) in [4.78, 5) is 10.7. The number of nitrogens with zero attached hydrogens (tertiary/aromatic N) is 1. The van der Waals surface area contributed by atoms with Gasteiger partial charge in [-0.1, -0.05) is 0 Å². The molecule has 2 heterocycles. The number of carboxylic acids is 1. The highest BCUT2D eigenvalue weighted by Crippen LogP contribution is 2.11. The maximum Gasteiger partial charge on any atom is 0.371 e. The van der Waals surface area contributed by atoms with Crippen LogP contribution in [0.1, 0.15) is 16.3 Å². The number of hydrogen-bond acceptors (Lipinski definition) is 4. The summed E-state index contributed by atoms with van der Waals surface area (Å²) in [5.41, 5.74) is 0. The van der Waals surface area contributed by atoms with E-state index in [1.807, 2.05) is 0 Å². The van der Waals surface area contributed by atoms with Crippen LogP contribution in [-0.4, -0.2) is 24.1 Å². The van der Waals surface area contributed by atoms with Crippen molar-refractivity contribution in [3.05, 3.63) is 42.1 Å². The van der Waals surface area contributed by atoms with E-state index in [-0.39, 0.29) is 23.0 Å². The third-order valence-corrected chi connectivity index (χ3v) is 3.81. The number of carboxylic acid groups (broad SMARTS) is 1. The van der Waals surface area contributed by atoms with Crippen LogP contribution in [0.3, 0.4) is 0 Å². The number of aromatic nitrogens is 1. The second-order valence-electron chi connectivity index (χ2n) is 3.91. The lowest BCUT2D eigenvalue weighted by atomic mass is 10.4. The average molecular weight is 284 g/mol. The number of hydrogen-bond donors (Lipinski definition) is 2. The van der Waals surface area contributed by atoms with Crippen molar-refractivity contribution in [3.8, 4) is 0 Å². The van der Waals surface area contributed by atoms with Gasteiger partial charge in [0.15, 0.2) is 0 Å². The van der Waals surface area contributed by atoms with Crippen molar-refractivity contribution in [2.24, 2.45) is 7.05 Å². The zero-order valence-electron chi connectivity index (χ0n) is 10.0. The maximum atomic E-state index is 11.9. The van der Waals surface area contributed by atoms with E-state index < -0.39 is 16.0 Å². The van der Waals surface area contributed by atoms with Crippen LogP contribution < -0.4 is 4.72 Å². The monoisotopic (exact) mass is 284 g/mol. The molecule has 0 unspecified atom stereocenters. The summed E-state index contributed by atoms with van der Waals surface area (Å²) in [5, 5.41) is 8.67. The van der Waals surface area contributed by atoms with Crippen molar-refractivity contribution >= 4 is 16.0 Å². The molecule has 0 aliphatic heterocycles. The number of sulfonamides is 1. The summed E-state index contributed by atoms with van der Waals surface area (Å²) in [6.07, 6.45) is 3.08. The van der Waals surface area contributed by atoms with Crippen LogP contribution in [0.15, 0.2) is 39.9 Å². The molecule has 0 spiro atoms. The molecule has 0 amide bonds. The Hall–Kier alpha value is -2.06. The van der Waals surface area contributed by atoms with Crippen LogP contribution in [0.25, 0.3) is 0 Å². The fraction of sp³-hybridized carbons (Fsp3) is 0.182. The van der Waals surface area contributed by atoms with Gasteiger partial charge in [0.25, 0.3) is 0 Å². The molecule has 0 saturated carbocycles. The first-order valence-electron chi connectivity index (χ1n) is 5.32. The van der Waals surface area contributed by atoms with Crippen molar-refractivity contribution in [2.75, 3.05) is 0 Å². The highest BCUT2D eigenvalue weighted by Gasteiger charge is 2.16. The van der Waals surface area contributed by atoms with Gasteiger partial charge in [-0.05, 0) is 18.2 Å². The normalized spacial score (nSPS) is 11.6. The maximum absolute atomic E-state index is 11.9. The zero-order valence-corrected chi connectivity index (χ0v) is 10.8. The third-order valence-electron chi connectivity index (χ3n) is 2.42.